The summed E-state index contributed by atoms with van der Waals surface area (Å²) in [5.74, 6) is 1.01. The van der Waals surface area contributed by atoms with Gasteiger partial charge in [0.15, 0.2) is 5.65 Å². The van der Waals surface area contributed by atoms with Crippen LogP contribution in [0.15, 0.2) is 6.07 Å². The van der Waals surface area contributed by atoms with Gasteiger partial charge in [-0.3, -0.25) is 4.79 Å². The van der Waals surface area contributed by atoms with E-state index in [1.807, 2.05) is 20.8 Å². The third-order valence-corrected chi connectivity index (χ3v) is 4.87. The second kappa shape index (κ2) is 7.33. The number of rotatable bonds is 4. The van der Waals surface area contributed by atoms with Crippen molar-refractivity contribution in [2.45, 2.75) is 47.0 Å². The molecule has 1 fully saturated rings. The summed E-state index contributed by atoms with van der Waals surface area (Å²) in [6.07, 6.45) is 3.56. The molecular formula is C19H27N5O. The van der Waals surface area contributed by atoms with Crippen molar-refractivity contribution in [1.82, 2.24) is 19.9 Å². The number of carbonyl (C=O) groups is 1. The van der Waals surface area contributed by atoms with E-state index in [0.717, 1.165) is 48.4 Å². The third-order valence-electron chi connectivity index (χ3n) is 4.87. The summed E-state index contributed by atoms with van der Waals surface area (Å²) < 4.78 is 0. The Labute approximate surface area is 149 Å². The van der Waals surface area contributed by atoms with Gasteiger partial charge in [0, 0.05) is 31.9 Å². The fourth-order valence-electron chi connectivity index (χ4n) is 3.54. The van der Waals surface area contributed by atoms with Crippen molar-refractivity contribution in [1.29, 1.82) is 0 Å². The van der Waals surface area contributed by atoms with E-state index in [-0.39, 0.29) is 11.7 Å². The van der Waals surface area contributed by atoms with Crippen LogP contribution in [0.5, 0.6) is 0 Å². The van der Waals surface area contributed by atoms with E-state index in [1.165, 1.54) is 6.42 Å². The molecule has 2 aromatic heterocycles. The van der Waals surface area contributed by atoms with Gasteiger partial charge in [-0.05, 0) is 58.6 Å². The Kier molecular flexibility index (Phi) is 5.16. The fourth-order valence-corrected chi connectivity index (χ4v) is 3.54. The molecule has 1 aliphatic heterocycles. The Morgan fingerprint density at radius 3 is 2.40 bits per heavy atom. The number of amides is 1. The molecule has 0 aliphatic carbocycles. The van der Waals surface area contributed by atoms with Crippen LogP contribution < -0.4 is 4.90 Å². The normalized spacial score (nSPS) is 14.8. The second-order valence-electron chi connectivity index (χ2n) is 6.68. The number of hydrogen-bond acceptors (Lipinski definition) is 5. The predicted octanol–water partition coefficient (Wildman–Crippen LogP) is 3.11. The molecule has 0 N–H and O–H groups in total. The molecule has 134 valence electrons. The smallest absolute Gasteiger partial charge is 0.291 e. The van der Waals surface area contributed by atoms with Crippen LogP contribution >= 0.6 is 0 Å². The number of piperidine rings is 1. The number of carbonyl (C=O) groups excluding carboxylic acids is 1. The molecule has 2 aromatic rings. The summed E-state index contributed by atoms with van der Waals surface area (Å²) >= 11 is 0. The highest BCUT2D eigenvalue weighted by molar-refractivity contribution is 5.96. The average Bonchev–Trinajstić information content (AvgIpc) is 2.62. The van der Waals surface area contributed by atoms with Crippen LogP contribution in [0.2, 0.25) is 0 Å². The highest BCUT2D eigenvalue weighted by Crippen LogP contribution is 2.29. The van der Waals surface area contributed by atoms with Crippen molar-refractivity contribution in [2.24, 2.45) is 0 Å². The molecule has 0 bridgehead atoms. The number of aromatic nitrogens is 3. The fraction of sp³-hybridized carbons (Fsp3) is 0.579. The Balaban J connectivity index is 2.18. The van der Waals surface area contributed by atoms with Gasteiger partial charge >= 0.3 is 0 Å². The molecule has 6 nitrogen and oxygen atoms in total. The molecule has 0 aromatic carbocycles. The first-order valence-corrected chi connectivity index (χ1v) is 9.25. The lowest BCUT2D eigenvalue weighted by atomic mass is 10.1. The lowest BCUT2D eigenvalue weighted by molar-refractivity contribution is 0.0761. The Morgan fingerprint density at radius 2 is 1.76 bits per heavy atom. The standard InChI is InChI=1S/C19H27N5O/c1-5-23(6-2)19(25)17-21-16-15(13(3)12-14(4)20-16)18(22-17)24-10-8-7-9-11-24/h12H,5-11H2,1-4H3. The van der Waals surface area contributed by atoms with Crippen LogP contribution in [-0.2, 0) is 0 Å². The number of aryl methyl sites for hydroxylation is 2. The van der Waals surface area contributed by atoms with Gasteiger partial charge in [0.25, 0.3) is 5.91 Å². The second-order valence-corrected chi connectivity index (χ2v) is 6.68. The minimum absolute atomic E-state index is 0.119. The zero-order chi connectivity index (χ0) is 18.0. The molecule has 0 radical (unpaired) electrons. The molecule has 3 rings (SSSR count). The molecule has 1 aliphatic rings. The van der Waals surface area contributed by atoms with E-state index in [2.05, 4.69) is 27.9 Å². The predicted molar refractivity (Wildman–Crippen MR) is 100 cm³/mol. The number of pyridine rings is 1. The van der Waals surface area contributed by atoms with Crippen molar-refractivity contribution in [2.75, 3.05) is 31.1 Å². The lowest BCUT2D eigenvalue weighted by Crippen LogP contribution is -2.34. The molecule has 1 amide bonds. The average molecular weight is 341 g/mol. The number of hydrogen-bond donors (Lipinski definition) is 0. The third kappa shape index (κ3) is 3.43. The maximum absolute atomic E-state index is 12.8. The Hall–Kier alpha value is -2.24. The Morgan fingerprint density at radius 1 is 1.08 bits per heavy atom. The zero-order valence-corrected chi connectivity index (χ0v) is 15.7. The van der Waals surface area contributed by atoms with Crippen LogP contribution in [0.4, 0.5) is 5.82 Å². The lowest BCUT2D eigenvalue weighted by Gasteiger charge is -2.29. The SMILES string of the molecule is CCN(CC)C(=O)c1nc(N2CCCCC2)c2c(C)cc(C)nc2n1. The van der Waals surface area contributed by atoms with Gasteiger partial charge in [0.2, 0.25) is 5.82 Å². The summed E-state index contributed by atoms with van der Waals surface area (Å²) in [7, 11) is 0. The van der Waals surface area contributed by atoms with Crippen molar-refractivity contribution in [3.8, 4) is 0 Å². The zero-order valence-electron chi connectivity index (χ0n) is 15.7. The first-order valence-electron chi connectivity index (χ1n) is 9.25. The monoisotopic (exact) mass is 341 g/mol. The maximum Gasteiger partial charge on any atom is 0.291 e. The van der Waals surface area contributed by atoms with Crippen molar-refractivity contribution < 1.29 is 4.79 Å². The van der Waals surface area contributed by atoms with Crippen molar-refractivity contribution in [3.63, 3.8) is 0 Å². The largest absolute Gasteiger partial charge is 0.356 e. The van der Waals surface area contributed by atoms with Crippen molar-refractivity contribution in [3.05, 3.63) is 23.1 Å². The van der Waals surface area contributed by atoms with Crippen LogP contribution in [-0.4, -0.2) is 51.9 Å². The molecule has 0 atom stereocenters. The molecule has 3 heterocycles. The van der Waals surface area contributed by atoms with Gasteiger partial charge in [-0.1, -0.05) is 0 Å². The van der Waals surface area contributed by atoms with Crippen LogP contribution in [0.25, 0.3) is 11.0 Å². The van der Waals surface area contributed by atoms with Gasteiger partial charge in [0.1, 0.15) is 5.82 Å². The van der Waals surface area contributed by atoms with E-state index in [9.17, 15) is 4.79 Å². The number of anilines is 1. The van der Waals surface area contributed by atoms with Gasteiger partial charge in [-0.25, -0.2) is 15.0 Å². The topological polar surface area (TPSA) is 62.2 Å². The molecule has 0 spiro atoms. The van der Waals surface area contributed by atoms with E-state index >= 15 is 0 Å². The van der Waals surface area contributed by atoms with Crippen LogP contribution in [0.1, 0.15) is 55.0 Å². The van der Waals surface area contributed by atoms with Gasteiger partial charge < -0.3 is 9.80 Å². The summed E-state index contributed by atoms with van der Waals surface area (Å²) in [5.41, 5.74) is 2.66. The molecule has 1 saturated heterocycles. The summed E-state index contributed by atoms with van der Waals surface area (Å²) in [6, 6.07) is 2.06. The highest BCUT2D eigenvalue weighted by Gasteiger charge is 2.23. The van der Waals surface area contributed by atoms with Gasteiger partial charge in [-0.15, -0.1) is 0 Å². The van der Waals surface area contributed by atoms with E-state index in [1.54, 1.807) is 4.90 Å². The number of nitrogens with zero attached hydrogens (tertiary/aromatic N) is 5. The Bertz CT molecular complexity index is 779. The summed E-state index contributed by atoms with van der Waals surface area (Å²) in [4.78, 5) is 30.7. The molecule has 6 heteroatoms. The first-order chi connectivity index (χ1) is 12.0. The molecule has 25 heavy (non-hydrogen) atoms. The molecule has 0 saturated carbocycles. The highest BCUT2D eigenvalue weighted by atomic mass is 16.2. The van der Waals surface area contributed by atoms with E-state index in [4.69, 9.17) is 4.98 Å². The molecule has 0 unspecified atom stereocenters. The first kappa shape index (κ1) is 17.6. The van der Waals surface area contributed by atoms with E-state index in [0.29, 0.717) is 18.7 Å². The maximum atomic E-state index is 12.8. The quantitative estimate of drug-likeness (QED) is 0.855. The van der Waals surface area contributed by atoms with E-state index < -0.39 is 0 Å². The van der Waals surface area contributed by atoms with Crippen LogP contribution in [0.3, 0.4) is 0 Å². The summed E-state index contributed by atoms with van der Waals surface area (Å²) in [6.45, 7) is 11.2. The van der Waals surface area contributed by atoms with Crippen molar-refractivity contribution >= 4 is 22.8 Å². The minimum Gasteiger partial charge on any atom is -0.356 e. The molecular weight excluding hydrogens is 314 g/mol. The van der Waals surface area contributed by atoms with Crippen LogP contribution in [0, 0.1) is 13.8 Å². The van der Waals surface area contributed by atoms with Gasteiger partial charge in [-0.2, -0.15) is 0 Å². The number of fused-ring (bicyclic) bond motifs is 1. The van der Waals surface area contributed by atoms with Gasteiger partial charge in [0.05, 0.1) is 5.39 Å². The summed E-state index contributed by atoms with van der Waals surface area (Å²) in [5, 5.41) is 0.976. The minimum atomic E-state index is -0.119.